The number of rotatable bonds is 8. The molecule has 3 aromatic rings. The molecule has 0 bridgehead atoms. The first-order chi connectivity index (χ1) is 13.2. The molecule has 1 atom stereocenters. The second-order valence-electron chi connectivity index (χ2n) is 5.93. The summed E-state index contributed by atoms with van der Waals surface area (Å²) in [6, 6.07) is 4.12. The fraction of sp³-hybridized carbons (Fsp3) is 0.375. The average Bonchev–Trinajstić information content (AvgIpc) is 3.25. The van der Waals surface area contributed by atoms with Gasteiger partial charge in [-0.1, -0.05) is 11.2 Å². The highest BCUT2D eigenvalue weighted by Gasteiger charge is 2.34. The Hall–Kier alpha value is -2.66. The number of nitrogens with zero attached hydrogens (tertiary/aromatic N) is 4. The van der Waals surface area contributed by atoms with Gasteiger partial charge in [-0.15, -0.1) is 0 Å². The fourth-order valence-corrected chi connectivity index (χ4v) is 3.61. The minimum Gasteiger partial charge on any atom is -0.396 e. The number of benzene rings is 1. The lowest BCUT2D eigenvalue weighted by Crippen LogP contribution is -2.31. The molecule has 0 saturated carbocycles. The molecule has 9 nitrogen and oxygen atoms in total. The van der Waals surface area contributed by atoms with E-state index in [0.717, 1.165) is 11.3 Å². The highest BCUT2D eigenvalue weighted by Crippen LogP contribution is 2.38. The number of aliphatic hydroxyl groups is 1. The Morgan fingerprint density at radius 3 is 3.07 bits per heavy atom. The van der Waals surface area contributed by atoms with Crippen molar-refractivity contribution < 1.29 is 18.6 Å². The van der Waals surface area contributed by atoms with Crippen molar-refractivity contribution in [2.45, 2.75) is 12.5 Å². The Kier molecular flexibility index (Phi) is 4.94. The van der Waals surface area contributed by atoms with Gasteiger partial charge in [-0.2, -0.15) is 11.8 Å². The molecule has 2 heterocycles. The first kappa shape index (κ1) is 17.7. The number of fused-ring (bicyclic) bond motifs is 1. The summed E-state index contributed by atoms with van der Waals surface area (Å²) in [5.74, 6) is 0.875. The molecule has 0 saturated heterocycles. The van der Waals surface area contributed by atoms with Crippen molar-refractivity contribution in [3.8, 4) is 11.5 Å². The SMILES string of the molecule is O=c1onc(-c2nonc2NCCSCCO)n1C1Cc2ccc(F)cc21. The zero-order valence-electron chi connectivity index (χ0n) is 14.1. The molecule has 0 radical (unpaired) electrons. The standard InChI is InChI=1S/C16H16FN5O4S/c17-10-2-1-9-7-12(11(9)8-10)22-15(21-25-16(22)24)13-14(20-26-19-13)18-3-5-27-6-4-23/h1-2,8,12,23H,3-7H2,(H,18,20). The molecule has 1 aliphatic rings. The predicted molar refractivity (Wildman–Crippen MR) is 95.2 cm³/mol. The van der Waals surface area contributed by atoms with Gasteiger partial charge >= 0.3 is 5.76 Å². The van der Waals surface area contributed by atoms with Crippen LogP contribution in [-0.4, -0.2) is 49.8 Å². The van der Waals surface area contributed by atoms with Gasteiger partial charge in [-0.3, -0.25) is 4.52 Å². The van der Waals surface area contributed by atoms with Gasteiger partial charge in [0.2, 0.25) is 11.6 Å². The number of hydrogen-bond donors (Lipinski definition) is 2. The number of aliphatic hydroxyl groups excluding tert-OH is 1. The molecule has 2 N–H and O–H groups in total. The lowest BCUT2D eigenvalue weighted by molar-refractivity contribution is 0.309. The van der Waals surface area contributed by atoms with Crippen molar-refractivity contribution in [2.24, 2.45) is 0 Å². The van der Waals surface area contributed by atoms with Crippen molar-refractivity contribution in [3.05, 3.63) is 45.7 Å². The third kappa shape index (κ3) is 3.35. The topological polar surface area (TPSA) is 119 Å². The molecule has 0 fully saturated rings. The third-order valence-corrected chi connectivity index (χ3v) is 5.27. The molecule has 0 spiro atoms. The maximum absolute atomic E-state index is 13.6. The highest BCUT2D eigenvalue weighted by atomic mass is 32.2. The van der Waals surface area contributed by atoms with E-state index in [1.165, 1.54) is 16.7 Å². The molecule has 2 aromatic heterocycles. The Labute approximate surface area is 156 Å². The molecular weight excluding hydrogens is 377 g/mol. The van der Waals surface area contributed by atoms with Crippen LogP contribution in [0.25, 0.3) is 11.5 Å². The fourth-order valence-electron chi connectivity index (χ4n) is 3.03. The second kappa shape index (κ2) is 7.53. The molecule has 1 aliphatic carbocycles. The van der Waals surface area contributed by atoms with E-state index in [0.29, 0.717) is 30.1 Å². The minimum absolute atomic E-state index is 0.121. The van der Waals surface area contributed by atoms with E-state index in [1.54, 1.807) is 17.8 Å². The van der Waals surface area contributed by atoms with Gasteiger partial charge in [-0.05, 0) is 40.0 Å². The molecule has 1 unspecified atom stereocenters. The van der Waals surface area contributed by atoms with Crippen LogP contribution in [0.4, 0.5) is 10.2 Å². The normalized spacial score (nSPS) is 15.4. The molecule has 0 amide bonds. The summed E-state index contributed by atoms with van der Waals surface area (Å²) in [6.07, 6.45) is 0.565. The van der Waals surface area contributed by atoms with Crippen molar-refractivity contribution >= 4 is 17.6 Å². The zero-order chi connectivity index (χ0) is 18.8. The van der Waals surface area contributed by atoms with Crippen molar-refractivity contribution in [1.29, 1.82) is 0 Å². The highest BCUT2D eigenvalue weighted by molar-refractivity contribution is 7.99. The largest absolute Gasteiger partial charge is 0.442 e. The van der Waals surface area contributed by atoms with Crippen LogP contribution in [0, 0.1) is 5.82 Å². The van der Waals surface area contributed by atoms with Crippen LogP contribution in [0.2, 0.25) is 0 Å². The van der Waals surface area contributed by atoms with E-state index >= 15 is 0 Å². The quantitative estimate of drug-likeness (QED) is 0.546. The van der Waals surface area contributed by atoms with E-state index in [-0.39, 0.29) is 30.0 Å². The van der Waals surface area contributed by atoms with E-state index in [4.69, 9.17) is 14.3 Å². The van der Waals surface area contributed by atoms with E-state index < -0.39 is 5.76 Å². The lowest BCUT2D eigenvalue weighted by atomic mass is 9.83. The van der Waals surface area contributed by atoms with Gasteiger partial charge in [0.05, 0.1) is 12.6 Å². The van der Waals surface area contributed by atoms with Gasteiger partial charge in [0.1, 0.15) is 5.82 Å². The first-order valence-electron chi connectivity index (χ1n) is 8.31. The van der Waals surface area contributed by atoms with E-state index in [2.05, 4.69) is 20.8 Å². The maximum Gasteiger partial charge on any atom is 0.442 e. The maximum atomic E-state index is 13.6. The number of anilines is 1. The summed E-state index contributed by atoms with van der Waals surface area (Å²) in [6.45, 7) is 0.682. The summed E-state index contributed by atoms with van der Waals surface area (Å²) in [5, 5.41) is 23.3. The smallest absolute Gasteiger partial charge is 0.396 e. The van der Waals surface area contributed by atoms with Crippen LogP contribution in [0.15, 0.2) is 32.1 Å². The average molecular weight is 393 g/mol. The van der Waals surface area contributed by atoms with Crippen molar-refractivity contribution in [3.63, 3.8) is 0 Å². The molecule has 11 heteroatoms. The van der Waals surface area contributed by atoms with Crippen LogP contribution in [0.3, 0.4) is 0 Å². The molecule has 27 heavy (non-hydrogen) atoms. The number of thioether (sulfide) groups is 1. The van der Waals surface area contributed by atoms with Gasteiger partial charge in [0.15, 0.2) is 5.69 Å². The summed E-state index contributed by atoms with van der Waals surface area (Å²) in [7, 11) is 0. The van der Waals surface area contributed by atoms with E-state index in [1.807, 2.05) is 0 Å². The Morgan fingerprint density at radius 2 is 2.22 bits per heavy atom. The van der Waals surface area contributed by atoms with Crippen LogP contribution < -0.4 is 11.1 Å². The van der Waals surface area contributed by atoms with Gasteiger partial charge in [0, 0.05) is 18.1 Å². The van der Waals surface area contributed by atoms with Crippen molar-refractivity contribution in [2.75, 3.05) is 30.0 Å². The third-order valence-electron chi connectivity index (χ3n) is 4.30. The number of aromatic nitrogens is 4. The summed E-state index contributed by atoms with van der Waals surface area (Å²) in [4.78, 5) is 12.2. The van der Waals surface area contributed by atoms with Crippen LogP contribution in [-0.2, 0) is 6.42 Å². The molecule has 4 rings (SSSR count). The summed E-state index contributed by atoms with van der Waals surface area (Å²) >= 11 is 1.58. The second-order valence-corrected chi connectivity index (χ2v) is 7.15. The van der Waals surface area contributed by atoms with Gasteiger partial charge in [0.25, 0.3) is 0 Å². The van der Waals surface area contributed by atoms with Crippen LogP contribution >= 0.6 is 11.8 Å². The Balaban J connectivity index is 1.59. The Morgan fingerprint density at radius 1 is 1.33 bits per heavy atom. The van der Waals surface area contributed by atoms with Crippen molar-refractivity contribution in [1.82, 2.24) is 20.0 Å². The number of hydrogen-bond acceptors (Lipinski definition) is 9. The summed E-state index contributed by atoms with van der Waals surface area (Å²) in [5.41, 5.74) is 1.93. The summed E-state index contributed by atoms with van der Waals surface area (Å²) < 4.78 is 24.5. The zero-order valence-corrected chi connectivity index (χ0v) is 14.9. The monoisotopic (exact) mass is 393 g/mol. The first-order valence-corrected chi connectivity index (χ1v) is 9.46. The number of nitrogens with one attached hydrogen (secondary N) is 1. The number of halogens is 1. The van der Waals surface area contributed by atoms with E-state index in [9.17, 15) is 9.18 Å². The molecule has 1 aromatic carbocycles. The van der Waals surface area contributed by atoms with Gasteiger partial charge in [-0.25, -0.2) is 18.4 Å². The molecule has 0 aliphatic heterocycles. The lowest BCUT2D eigenvalue weighted by Gasteiger charge is -2.30. The van der Waals surface area contributed by atoms with Crippen LogP contribution in [0.1, 0.15) is 17.2 Å². The predicted octanol–water partition coefficient (Wildman–Crippen LogP) is 1.31. The van der Waals surface area contributed by atoms with Gasteiger partial charge < -0.3 is 10.4 Å². The molecule has 142 valence electrons. The minimum atomic E-state index is -0.655. The molecular formula is C16H16FN5O4S. The Bertz CT molecular complexity index is 1000. The van der Waals surface area contributed by atoms with Crippen LogP contribution in [0.5, 0.6) is 0 Å².